The van der Waals surface area contributed by atoms with Gasteiger partial charge in [0.25, 0.3) is 0 Å². The second-order valence-corrected chi connectivity index (χ2v) is 5.95. The van der Waals surface area contributed by atoms with Crippen molar-refractivity contribution >= 4 is 29.6 Å². The molecule has 0 aromatic heterocycles. The molecule has 0 fully saturated rings. The Morgan fingerprint density at radius 1 is 1.24 bits per heavy atom. The monoisotopic (exact) mass is 341 g/mol. The average Bonchev–Trinajstić information content (AvgIpc) is 2.72. The Morgan fingerprint density at radius 3 is 2.40 bits per heavy atom. The maximum atomic E-state index is 12.8. The molecule has 1 unspecified atom stereocenters. The van der Waals surface area contributed by atoms with E-state index in [1.807, 2.05) is 0 Å². The Morgan fingerprint density at radius 2 is 1.84 bits per heavy atom. The van der Waals surface area contributed by atoms with Crippen molar-refractivity contribution in [2.24, 2.45) is 5.92 Å². The highest BCUT2D eigenvalue weighted by atomic mass is 16.2. The van der Waals surface area contributed by atoms with Crippen LogP contribution in [0.4, 0.5) is 11.4 Å². The molecule has 6 nitrogen and oxygen atoms in total. The van der Waals surface area contributed by atoms with Gasteiger partial charge in [0.15, 0.2) is 0 Å². The number of rotatable bonds is 7. The SMILES string of the molecule is C=CCN(CC=C)C(=O)CN1C(=O)C(C)CN(C=O)c2ccccc21. The van der Waals surface area contributed by atoms with Gasteiger partial charge in [0, 0.05) is 19.6 Å². The third-order valence-electron chi connectivity index (χ3n) is 4.11. The zero-order valence-corrected chi connectivity index (χ0v) is 14.4. The van der Waals surface area contributed by atoms with Gasteiger partial charge in [-0.05, 0) is 12.1 Å². The van der Waals surface area contributed by atoms with Crippen molar-refractivity contribution in [1.82, 2.24) is 4.90 Å². The number of hydrogen-bond acceptors (Lipinski definition) is 3. The van der Waals surface area contributed by atoms with Gasteiger partial charge in [-0.25, -0.2) is 0 Å². The Hall–Kier alpha value is -2.89. The molecular weight excluding hydrogens is 318 g/mol. The van der Waals surface area contributed by atoms with Crippen LogP contribution in [-0.2, 0) is 14.4 Å². The smallest absolute Gasteiger partial charge is 0.243 e. The standard InChI is InChI=1S/C19H23N3O3/c1-4-10-20(11-5-2)18(24)13-22-17-9-7-6-8-16(17)21(14-23)12-15(3)19(22)25/h4-9,14-15H,1-2,10-13H2,3H3. The molecule has 132 valence electrons. The van der Waals surface area contributed by atoms with Crippen LogP contribution in [0.5, 0.6) is 0 Å². The number of fused-ring (bicyclic) bond motifs is 1. The Bertz CT molecular complexity index is 676. The quantitative estimate of drug-likeness (QED) is 0.561. The van der Waals surface area contributed by atoms with E-state index >= 15 is 0 Å². The van der Waals surface area contributed by atoms with Crippen LogP contribution in [0.3, 0.4) is 0 Å². The first kappa shape index (κ1) is 18.4. The molecular formula is C19H23N3O3. The number of nitrogens with zero attached hydrogens (tertiary/aromatic N) is 3. The molecule has 0 spiro atoms. The minimum atomic E-state index is -0.405. The summed E-state index contributed by atoms with van der Waals surface area (Å²) in [5.74, 6) is -0.783. The van der Waals surface area contributed by atoms with Crippen molar-refractivity contribution in [2.45, 2.75) is 6.92 Å². The first-order valence-electron chi connectivity index (χ1n) is 8.15. The van der Waals surface area contributed by atoms with Crippen molar-refractivity contribution in [1.29, 1.82) is 0 Å². The molecule has 3 amide bonds. The van der Waals surface area contributed by atoms with Crippen LogP contribution in [0, 0.1) is 5.92 Å². The normalized spacial score (nSPS) is 16.7. The van der Waals surface area contributed by atoms with Crippen molar-refractivity contribution in [2.75, 3.05) is 36.0 Å². The maximum Gasteiger partial charge on any atom is 0.243 e. The lowest BCUT2D eigenvalue weighted by molar-refractivity contribution is -0.131. The molecule has 0 saturated heterocycles. The van der Waals surface area contributed by atoms with Crippen LogP contribution in [0.2, 0.25) is 0 Å². The zero-order chi connectivity index (χ0) is 18.4. The van der Waals surface area contributed by atoms with Gasteiger partial charge < -0.3 is 14.7 Å². The minimum Gasteiger partial charge on any atom is -0.334 e. The van der Waals surface area contributed by atoms with Crippen molar-refractivity contribution in [3.05, 3.63) is 49.6 Å². The van der Waals surface area contributed by atoms with Gasteiger partial charge in [0.1, 0.15) is 6.54 Å². The summed E-state index contributed by atoms with van der Waals surface area (Å²) in [7, 11) is 0. The molecule has 2 rings (SSSR count). The molecule has 1 aromatic rings. The Kier molecular flexibility index (Phi) is 6.11. The number of carbonyl (C=O) groups is 3. The fourth-order valence-corrected chi connectivity index (χ4v) is 2.88. The lowest BCUT2D eigenvalue weighted by Gasteiger charge is -2.27. The number of anilines is 2. The van der Waals surface area contributed by atoms with Crippen LogP contribution in [0.15, 0.2) is 49.6 Å². The van der Waals surface area contributed by atoms with E-state index in [9.17, 15) is 14.4 Å². The van der Waals surface area contributed by atoms with Gasteiger partial charge in [-0.3, -0.25) is 14.4 Å². The summed E-state index contributed by atoms with van der Waals surface area (Å²) >= 11 is 0. The van der Waals surface area contributed by atoms with Crippen molar-refractivity contribution in [3.8, 4) is 0 Å². The predicted molar refractivity (Wildman–Crippen MR) is 98.3 cm³/mol. The number of hydrogen-bond donors (Lipinski definition) is 0. The van der Waals surface area contributed by atoms with Gasteiger partial charge in [0.05, 0.1) is 17.3 Å². The third-order valence-corrected chi connectivity index (χ3v) is 4.11. The van der Waals surface area contributed by atoms with Crippen LogP contribution >= 0.6 is 0 Å². The van der Waals surface area contributed by atoms with E-state index in [4.69, 9.17) is 0 Å². The summed E-state index contributed by atoms with van der Waals surface area (Å²) < 4.78 is 0. The predicted octanol–water partition coefficient (Wildman–Crippen LogP) is 1.83. The summed E-state index contributed by atoms with van der Waals surface area (Å²) in [6.07, 6.45) is 3.99. The van der Waals surface area contributed by atoms with Gasteiger partial charge in [-0.1, -0.05) is 31.2 Å². The highest BCUT2D eigenvalue weighted by Gasteiger charge is 2.32. The zero-order valence-electron chi connectivity index (χ0n) is 14.4. The molecule has 0 N–H and O–H groups in total. The summed E-state index contributed by atoms with van der Waals surface area (Å²) in [4.78, 5) is 41.5. The lowest BCUT2D eigenvalue weighted by Crippen LogP contribution is -2.45. The molecule has 1 aromatic carbocycles. The Balaban J connectivity index is 2.37. The van der Waals surface area contributed by atoms with Gasteiger partial charge in [-0.15, -0.1) is 13.2 Å². The number of para-hydroxylation sites is 2. The molecule has 0 bridgehead atoms. The molecule has 1 aliphatic heterocycles. The van der Waals surface area contributed by atoms with E-state index in [2.05, 4.69) is 13.2 Å². The topological polar surface area (TPSA) is 60.9 Å². The average molecular weight is 341 g/mol. The molecule has 0 radical (unpaired) electrons. The molecule has 6 heteroatoms. The van der Waals surface area contributed by atoms with E-state index < -0.39 is 5.92 Å². The maximum absolute atomic E-state index is 12.8. The van der Waals surface area contributed by atoms with Crippen LogP contribution in [-0.4, -0.2) is 49.3 Å². The summed E-state index contributed by atoms with van der Waals surface area (Å²) in [5, 5.41) is 0. The molecule has 0 saturated carbocycles. The molecule has 1 aliphatic rings. The van der Waals surface area contributed by atoms with E-state index in [-0.39, 0.29) is 24.9 Å². The summed E-state index contributed by atoms with van der Waals surface area (Å²) in [6, 6.07) is 7.11. The summed E-state index contributed by atoms with van der Waals surface area (Å²) in [5.41, 5.74) is 1.19. The van der Waals surface area contributed by atoms with Gasteiger partial charge in [0.2, 0.25) is 18.2 Å². The highest BCUT2D eigenvalue weighted by Crippen LogP contribution is 2.33. The Labute approximate surface area is 148 Å². The van der Waals surface area contributed by atoms with Crippen LogP contribution in [0.1, 0.15) is 6.92 Å². The minimum absolute atomic E-state index is 0.0887. The molecule has 25 heavy (non-hydrogen) atoms. The molecule has 1 heterocycles. The summed E-state index contributed by atoms with van der Waals surface area (Å²) in [6.45, 7) is 10.0. The van der Waals surface area contributed by atoms with E-state index in [1.54, 1.807) is 48.2 Å². The van der Waals surface area contributed by atoms with E-state index in [0.717, 1.165) is 6.41 Å². The lowest BCUT2D eigenvalue weighted by atomic mass is 10.1. The molecule has 0 aliphatic carbocycles. The third kappa shape index (κ3) is 3.96. The van der Waals surface area contributed by atoms with E-state index in [0.29, 0.717) is 24.5 Å². The largest absolute Gasteiger partial charge is 0.334 e. The second kappa shape index (κ2) is 8.28. The number of benzene rings is 1. The fourth-order valence-electron chi connectivity index (χ4n) is 2.88. The van der Waals surface area contributed by atoms with Crippen molar-refractivity contribution in [3.63, 3.8) is 0 Å². The van der Waals surface area contributed by atoms with Crippen LogP contribution < -0.4 is 9.80 Å². The van der Waals surface area contributed by atoms with E-state index in [1.165, 1.54) is 9.80 Å². The second-order valence-electron chi connectivity index (χ2n) is 5.95. The number of carbonyl (C=O) groups excluding carboxylic acids is 3. The first-order chi connectivity index (χ1) is 12.0. The highest BCUT2D eigenvalue weighted by molar-refractivity contribution is 6.05. The van der Waals surface area contributed by atoms with Gasteiger partial charge in [-0.2, -0.15) is 0 Å². The van der Waals surface area contributed by atoms with Crippen molar-refractivity contribution < 1.29 is 14.4 Å². The first-order valence-corrected chi connectivity index (χ1v) is 8.15. The van der Waals surface area contributed by atoms with Crippen LogP contribution in [0.25, 0.3) is 0 Å². The fraction of sp³-hybridized carbons (Fsp3) is 0.316. The molecule has 1 atom stereocenters. The number of amides is 3. The van der Waals surface area contributed by atoms with Gasteiger partial charge >= 0.3 is 0 Å².